The second kappa shape index (κ2) is 3.29. The molecule has 1 aliphatic rings. The first-order chi connectivity index (χ1) is 6.66. The van der Waals surface area contributed by atoms with E-state index in [1.807, 2.05) is 24.3 Å². The molecule has 0 N–H and O–H groups in total. The predicted molar refractivity (Wildman–Crippen MR) is 57.1 cm³/mol. The summed E-state index contributed by atoms with van der Waals surface area (Å²) in [5.74, 6) is 0.672. The van der Waals surface area contributed by atoms with E-state index >= 15 is 0 Å². The van der Waals surface area contributed by atoms with E-state index in [9.17, 15) is 5.26 Å². The maximum absolute atomic E-state index is 9.19. The first-order valence-corrected chi connectivity index (χ1v) is 5.21. The summed E-state index contributed by atoms with van der Waals surface area (Å²) < 4.78 is 0. The maximum atomic E-state index is 9.19. The molecule has 0 amide bonds. The van der Waals surface area contributed by atoms with Crippen molar-refractivity contribution in [2.24, 2.45) is 5.92 Å². The van der Waals surface area contributed by atoms with Crippen LogP contribution in [0.5, 0.6) is 0 Å². The lowest BCUT2D eigenvalue weighted by Gasteiger charge is -2.41. The number of hydrogen-bond donors (Lipinski definition) is 0. The Morgan fingerprint density at radius 3 is 2.36 bits per heavy atom. The Bertz CT molecular complexity index is 368. The highest BCUT2D eigenvalue weighted by Gasteiger charge is 2.43. The molecule has 0 atom stereocenters. The van der Waals surface area contributed by atoms with E-state index in [0.717, 1.165) is 23.4 Å². The highest BCUT2D eigenvalue weighted by Crippen LogP contribution is 2.47. The third kappa shape index (κ3) is 1.40. The summed E-state index contributed by atoms with van der Waals surface area (Å²) in [7, 11) is 0. The van der Waals surface area contributed by atoms with Gasteiger partial charge in [-0.05, 0) is 36.5 Å². The summed E-state index contributed by atoms with van der Waals surface area (Å²) in [6.45, 7) is 2.19. The van der Waals surface area contributed by atoms with Crippen LogP contribution in [-0.4, -0.2) is 0 Å². The van der Waals surface area contributed by atoms with Crippen LogP contribution in [0.15, 0.2) is 24.3 Å². The minimum absolute atomic E-state index is 0.232. The van der Waals surface area contributed by atoms with Gasteiger partial charge in [-0.25, -0.2) is 0 Å². The van der Waals surface area contributed by atoms with Gasteiger partial charge in [-0.3, -0.25) is 0 Å². The molecule has 1 saturated carbocycles. The molecule has 2 heteroatoms. The van der Waals surface area contributed by atoms with Gasteiger partial charge in [0.25, 0.3) is 0 Å². The summed E-state index contributed by atoms with van der Waals surface area (Å²) in [6, 6.07) is 10.1. The monoisotopic (exact) mass is 205 g/mol. The zero-order chi connectivity index (χ0) is 10.2. The summed E-state index contributed by atoms with van der Waals surface area (Å²) >= 11 is 5.81. The van der Waals surface area contributed by atoms with Gasteiger partial charge < -0.3 is 0 Å². The Balaban J connectivity index is 2.31. The van der Waals surface area contributed by atoms with Gasteiger partial charge in [-0.1, -0.05) is 30.7 Å². The Kier molecular flexibility index (Phi) is 2.25. The minimum Gasteiger partial charge on any atom is -0.197 e. The number of rotatable bonds is 1. The molecule has 0 saturated heterocycles. The van der Waals surface area contributed by atoms with Gasteiger partial charge in [0, 0.05) is 5.02 Å². The van der Waals surface area contributed by atoms with Crippen molar-refractivity contribution in [3.8, 4) is 6.07 Å². The van der Waals surface area contributed by atoms with Gasteiger partial charge >= 0.3 is 0 Å². The highest BCUT2D eigenvalue weighted by molar-refractivity contribution is 6.30. The van der Waals surface area contributed by atoms with Crippen molar-refractivity contribution in [2.75, 3.05) is 0 Å². The average molecular weight is 206 g/mol. The zero-order valence-electron chi connectivity index (χ0n) is 8.13. The van der Waals surface area contributed by atoms with Gasteiger partial charge in [-0.2, -0.15) is 5.26 Å². The molecular formula is C12H12ClN. The second-order valence-electron chi connectivity index (χ2n) is 4.21. The van der Waals surface area contributed by atoms with Gasteiger partial charge in [0.1, 0.15) is 0 Å². The average Bonchev–Trinajstić information content (AvgIpc) is 2.14. The number of hydrogen-bond acceptors (Lipinski definition) is 1. The van der Waals surface area contributed by atoms with E-state index in [0.29, 0.717) is 5.92 Å². The Hall–Kier alpha value is -1.00. The number of benzene rings is 1. The van der Waals surface area contributed by atoms with E-state index in [1.54, 1.807) is 0 Å². The molecule has 0 aromatic heterocycles. The van der Waals surface area contributed by atoms with Gasteiger partial charge in [0.15, 0.2) is 0 Å². The molecule has 0 unspecified atom stereocenters. The van der Waals surface area contributed by atoms with Crippen molar-refractivity contribution >= 4 is 11.6 Å². The largest absolute Gasteiger partial charge is 0.197 e. The molecule has 72 valence electrons. The standard InChI is InChI=1S/C12H12ClN/c1-9-6-12(7-9,8-14)10-2-4-11(13)5-3-10/h2-5,9H,6-7H2,1H3. The van der Waals surface area contributed by atoms with Gasteiger partial charge in [0.05, 0.1) is 11.5 Å². The molecule has 0 radical (unpaired) electrons. The Morgan fingerprint density at radius 1 is 1.36 bits per heavy atom. The fraction of sp³-hybridized carbons (Fsp3) is 0.417. The fourth-order valence-electron chi connectivity index (χ4n) is 2.29. The number of halogens is 1. The zero-order valence-corrected chi connectivity index (χ0v) is 8.88. The smallest absolute Gasteiger partial charge is 0.0827 e. The minimum atomic E-state index is -0.232. The molecule has 1 aromatic carbocycles. The SMILES string of the molecule is CC1CC(C#N)(c2ccc(Cl)cc2)C1. The summed E-state index contributed by atoms with van der Waals surface area (Å²) in [4.78, 5) is 0. The maximum Gasteiger partial charge on any atom is 0.0827 e. The fourth-order valence-corrected chi connectivity index (χ4v) is 2.42. The van der Waals surface area contributed by atoms with Gasteiger partial charge in [-0.15, -0.1) is 0 Å². The van der Waals surface area contributed by atoms with Crippen LogP contribution in [0.2, 0.25) is 5.02 Å². The number of nitrogens with zero attached hydrogens (tertiary/aromatic N) is 1. The molecule has 1 aliphatic carbocycles. The van der Waals surface area contributed by atoms with Crippen molar-refractivity contribution in [3.63, 3.8) is 0 Å². The second-order valence-corrected chi connectivity index (χ2v) is 4.65. The molecule has 0 aliphatic heterocycles. The molecule has 1 aromatic rings. The summed E-state index contributed by atoms with van der Waals surface area (Å²) in [5.41, 5.74) is 0.881. The highest BCUT2D eigenvalue weighted by atomic mass is 35.5. The van der Waals surface area contributed by atoms with Crippen LogP contribution in [-0.2, 0) is 5.41 Å². The van der Waals surface area contributed by atoms with Crippen LogP contribution < -0.4 is 0 Å². The molecule has 1 fully saturated rings. The molecule has 1 nitrogen and oxygen atoms in total. The Morgan fingerprint density at radius 2 is 1.93 bits per heavy atom. The molecule has 2 rings (SSSR count). The molecule has 14 heavy (non-hydrogen) atoms. The van der Waals surface area contributed by atoms with Crippen LogP contribution >= 0.6 is 11.6 Å². The molecule has 0 spiro atoms. The van der Waals surface area contributed by atoms with Crippen LogP contribution in [0.1, 0.15) is 25.3 Å². The lowest BCUT2D eigenvalue weighted by molar-refractivity contribution is 0.217. The van der Waals surface area contributed by atoms with E-state index in [1.165, 1.54) is 0 Å². The molecular weight excluding hydrogens is 194 g/mol. The quantitative estimate of drug-likeness (QED) is 0.688. The van der Waals surface area contributed by atoms with Crippen molar-refractivity contribution in [3.05, 3.63) is 34.9 Å². The van der Waals surface area contributed by atoms with Crippen molar-refractivity contribution in [1.82, 2.24) is 0 Å². The topological polar surface area (TPSA) is 23.8 Å². The van der Waals surface area contributed by atoms with Crippen molar-refractivity contribution < 1.29 is 0 Å². The van der Waals surface area contributed by atoms with Gasteiger partial charge in [0.2, 0.25) is 0 Å². The van der Waals surface area contributed by atoms with Crippen LogP contribution in [0, 0.1) is 17.2 Å². The first-order valence-electron chi connectivity index (χ1n) is 4.83. The third-order valence-corrected chi connectivity index (χ3v) is 3.26. The number of nitriles is 1. The lowest BCUT2D eigenvalue weighted by Crippen LogP contribution is -2.38. The van der Waals surface area contributed by atoms with Crippen molar-refractivity contribution in [1.29, 1.82) is 5.26 Å². The van der Waals surface area contributed by atoms with E-state index < -0.39 is 0 Å². The lowest BCUT2D eigenvalue weighted by atomic mass is 9.60. The first kappa shape index (κ1) is 9.55. The Labute approximate surface area is 89.3 Å². The molecule has 0 heterocycles. The van der Waals surface area contributed by atoms with E-state index in [4.69, 9.17) is 11.6 Å². The summed E-state index contributed by atoms with van der Waals surface area (Å²) in [6.07, 6.45) is 1.95. The van der Waals surface area contributed by atoms with E-state index in [2.05, 4.69) is 13.0 Å². The van der Waals surface area contributed by atoms with Crippen molar-refractivity contribution in [2.45, 2.75) is 25.2 Å². The third-order valence-electron chi connectivity index (χ3n) is 3.00. The normalized spacial score (nSPS) is 30.5. The molecule has 0 bridgehead atoms. The predicted octanol–water partition coefficient (Wildman–Crippen LogP) is 3.53. The van der Waals surface area contributed by atoms with Crippen LogP contribution in [0.4, 0.5) is 0 Å². The van der Waals surface area contributed by atoms with Crippen LogP contribution in [0.3, 0.4) is 0 Å². The summed E-state index contributed by atoms with van der Waals surface area (Å²) in [5, 5.41) is 9.92. The van der Waals surface area contributed by atoms with E-state index in [-0.39, 0.29) is 5.41 Å². The van der Waals surface area contributed by atoms with Crippen LogP contribution in [0.25, 0.3) is 0 Å².